The summed E-state index contributed by atoms with van der Waals surface area (Å²) in [4.78, 5) is 19.2. The molecule has 4 aromatic rings. The van der Waals surface area contributed by atoms with Crippen LogP contribution < -0.4 is 0 Å². The van der Waals surface area contributed by atoms with E-state index in [0.29, 0.717) is 25.3 Å². The lowest BCUT2D eigenvalue weighted by molar-refractivity contribution is 0.0700. The van der Waals surface area contributed by atoms with E-state index in [0.717, 1.165) is 35.4 Å². The summed E-state index contributed by atoms with van der Waals surface area (Å²) in [5.41, 5.74) is 2.87. The molecule has 7 nitrogen and oxygen atoms in total. The molecular weight excluding hydrogens is 385 g/mol. The van der Waals surface area contributed by atoms with Crippen LogP contribution in [0.4, 0.5) is 4.39 Å². The Morgan fingerprint density at radius 1 is 1.10 bits per heavy atom. The molecule has 0 N–H and O–H groups in total. The van der Waals surface area contributed by atoms with E-state index in [1.165, 1.54) is 12.1 Å². The Hall–Kier alpha value is -3.55. The van der Waals surface area contributed by atoms with Crippen molar-refractivity contribution in [3.63, 3.8) is 0 Å². The van der Waals surface area contributed by atoms with Gasteiger partial charge in [0, 0.05) is 19.0 Å². The second-order valence-electron chi connectivity index (χ2n) is 7.51. The van der Waals surface area contributed by atoms with Gasteiger partial charge in [0.15, 0.2) is 17.2 Å². The molecule has 0 aliphatic carbocycles. The first-order valence-electron chi connectivity index (χ1n) is 9.95. The zero-order valence-corrected chi connectivity index (χ0v) is 16.2. The second kappa shape index (κ2) is 7.70. The van der Waals surface area contributed by atoms with Crippen LogP contribution in [0.15, 0.2) is 59.1 Å². The lowest BCUT2D eigenvalue weighted by Crippen LogP contribution is -2.38. The molecule has 1 aliphatic heterocycles. The van der Waals surface area contributed by atoms with Crippen LogP contribution in [0.3, 0.4) is 0 Å². The molecule has 30 heavy (non-hydrogen) atoms. The maximum absolute atomic E-state index is 13.0. The standard InChI is InChI=1S/C22H20FN5O2/c23-17-7-5-15(6-8-17)13-28-14-19(25-26-28)22(29)27-11-9-16(10-12-27)21-24-18-3-1-2-4-20(18)30-21/h1-8,14,16H,9-13H2. The average Bonchev–Trinajstić information content (AvgIpc) is 3.42. The minimum Gasteiger partial charge on any atom is -0.440 e. The van der Waals surface area contributed by atoms with Gasteiger partial charge in [-0.3, -0.25) is 4.79 Å². The highest BCUT2D eigenvalue weighted by atomic mass is 19.1. The highest BCUT2D eigenvalue weighted by Crippen LogP contribution is 2.30. The number of carbonyl (C=O) groups is 1. The smallest absolute Gasteiger partial charge is 0.276 e. The van der Waals surface area contributed by atoms with Crippen molar-refractivity contribution in [1.82, 2.24) is 24.9 Å². The van der Waals surface area contributed by atoms with Gasteiger partial charge in [-0.1, -0.05) is 29.5 Å². The second-order valence-corrected chi connectivity index (χ2v) is 7.51. The fraction of sp³-hybridized carbons (Fsp3) is 0.273. The van der Waals surface area contributed by atoms with E-state index in [2.05, 4.69) is 15.3 Å². The Bertz CT molecular complexity index is 1140. The van der Waals surface area contributed by atoms with E-state index in [1.54, 1.807) is 27.9 Å². The van der Waals surface area contributed by atoms with Gasteiger partial charge in [0.05, 0.1) is 12.7 Å². The SMILES string of the molecule is O=C(c1cn(Cc2ccc(F)cc2)nn1)N1CCC(c2nc3ccccc3o2)CC1. The van der Waals surface area contributed by atoms with Crippen molar-refractivity contribution in [3.05, 3.63) is 77.7 Å². The molecule has 8 heteroatoms. The van der Waals surface area contributed by atoms with Crippen LogP contribution in [0, 0.1) is 5.82 Å². The molecule has 1 fully saturated rings. The number of rotatable bonds is 4. The number of likely N-dealkylation sites (tertiary alicyclic amines) is 1. The summed E-state index contributed by atoms with van der Waals surface area (Å²) in [6.07, 6.45) is 3.23. The van der Waals surface area contributed by atoms with E-state index in [1.807, 2.05) is 24.3 Å². The molecular formula is C22H20FN5O2. The van der Waals surface area contributed by atoms with Crippen molar-refractivity contribution >= 4 is 17.0 Å². The number of hydrogen-bond donors (Lipinski definition) is 0. The fourth-order valence-corrected chi connectivity index (χ4v) is 3.81. The van der Waals surface area contributed by atoms with Gasteiger partial charge >= 0.3 is 0 Å². The summed E-state index contributed by atoms with van der Waals surface area (Å²) in [7, 11) is 0. The van der Waals surface area contributed by atoms with Gasteiger partial charge in [-0.15, -0.1) is 5.10 Å². The monoisotopic (exact) mass is 405 g/mol. The molecule has 2 aromatic carbocycles. The lowest BCUT2D eigenvalue weighted by atomic mass is 9.96. The summed E-state index contributed by atoms with van der Waals surface area (Å²) in [5.74, 6) is 0.537. The molecule has 5 rings (SSSR count). The predicted octanol–water partition coefficient (Wildman–Crippen LogP) is 3.63. The van der Waals surface area contributed by atoms with Gasteiger partial charge < -0.3 is 9.32 Å². The van der Waals surface area contributed by atoms with Crippen LogP contribution in [-0.4, -0.2) is 43.9 Å². The number of hydrogen-bond acceptors (Lipinski definition) is 5. The molecule has 0 unspecified atom stereocenters. The Morgan fingerprint density at radius 2 is 1.87 bits per heavy atom. The maximum Gasteiger partial charge on any atom is 0.276 e. The third-order valence-electron chi connectivity index (χ3n) is 5.46. The Morgan fingerprint density at radius 3 is 2.63 bits per heavy atom. The van der Waals surface area contributed by atoms with E-state index in [4.69, 9.17) is 4.42 Å². The van der Waals surface area contributed by atoms with E-state index < -0.39 is 0 Å². The van der Waals surface area contributed by atoms with Gasteiger partial charge in [-0.25, -0.2) is 14.1 Å². The quantitative estimate of drug-likeness (QED) is 0.518. The third-order valence-corrected chi connectivity index (χ3v) is 5.46. The Balaban J connectivity index is 1.21. The summed E-state index contributed by atoms with van der Waals surface area (Å²) in [5, 5.41) is 8.06. The van der Waals surface area contributed by atoms with Crippen molar-refractivity contribution in [2.24, 2.45) is 0 Å². The van der Waals surface area contributed by atoms with Crippen molar-refractivity contribution in [2.75, 3.05) is 13.1 Å². The molecule has 0 bridgehead atoms. The van der Waals surface area contributed by atoms with Gasteiger partial charge in [0.2, 0.25) is 0 Å². The van der Waals surface area contributed by atoms with Gasteiger partial charge in [-0.05, 0) is 42.7 Å². The molecule has 1 saturated heterocycles. The number of aromatic nitrogens is 4. The highest BCUT2D eigenvalue weighted by molar-refractivity contribution is 5.92. The van der Waals surface area contributed by atoms with E-state index in [-0.39, 0.29) is 17.6 Å². The number of halogens is 1. The number of oxazole rings is 1. The third kappa shape index (κ3) is 3.68. The molecule has 0 saturated carbocycles. The van der Waals surface area contributed by atoms with Crippen LogP contribution in [0.5, 0.6) is 0 Å². The van der Waals surface area contributed by atoms with Gasteiger partial charge in [-0.2, -0.15) is 0 Å². The molecule has 1 aliphatic rings. The maximum atomic E-state index is 13.0. The molecule has 1 amide bonds. The van der Waals surface area contributed by atoms with Crippen LogP contribution >= 0.6 is 0 Å². The number of fused-ring (bicyclic) bond motifs is 1. The molecule has 3 heterocycles. The van der Waals surface area contributed by atoms with Crippen LogP contribution in [0.2, 0.25) is 0 Å². The average molecular weight is 405 g/mol. The number of nitrogens with zero attached hydrogens (tertiary/aromatic N) is 5. The summed E-state index contributed by atoms with van der Waals surface area (Å²) in [6.45, 7) is 1.67. The van der Waals surface area contributed by atoms with Crippen molar-refractivity contribution < 1.29 is 13.6 Å². The lowest BCUT2D eigenvalue weighted by Gasteiger charge is -2.29. The fourth-order valence-electron chi connectivity index (χ4n) is 3.81. The number of para-hydroxylation sites is 2. The predicted molar refractivity (Wildman–Crippen MR) is 107 cm³/mol. The first-order valence-corrected chi connectivity index (χ1v) is 9.95. The normalized spacial score (nSPS) is 15.0. The summed E-state index contributed by atoms with van der Waals surface area (Å²) >= 11 is 0. The summed E-state index contributed by atoms with van der Waals surface area (Å²) in [6, 6.07) is 13.9. The van der Waals surface area contributed by atoms with E-state index in [9.17, 15) is 9.18 Å². The number of piperidine rings is 1. The van der Waals surface area contributed by atoms with E-state index >= 15 is 0 Å². The first-order chi connectivity index (χ1) is 14.7. The molecule has 0 atom stereocenters. The minimum atomic E-state index is -0.283. The molecule has 0 spiro atoms. The van der Waals surface area contributed by atoms with Gasteiger partial charge in [0.25, 0.3) is 5.91 Å². The number of amides is 1. The summed E-state index contributed by atoms with van der Waals surface area (Å²) < 4.78 is 20.5. The van der Waals surface area contributed by atoms with Crippen molar-refractivity contribution in [1.29, 1.82) is 0 Å². The van der Waals surface area contributed by atoms with Gasteiger partial charge in [0.1, 0.15) is 11.3 Å². The highest BCUT2D eigenvalue weighted by Gasteiger charge is 2.28. The van der Waals surface area contributed by atoms with Crippen LogP contribution in [0.25, 0.3) is 11.1 Å². The topological polar surface area (TPSA) is 77.1 Å². The molecule has 152 valence electrons. The Labute approximate surface area is 172 Å². The zero-order chi connectivity index (χ0) is 20.5. The zero-order valence-electron chi connectivity index (χ0n) is 16.2. The Kier molecular flexibility index (Phi) is 4.74. The van der Waals surface area contributed by atoms with Crippen molar-refractivity contribution in [3.8, 4) is 0 Å². The van der Waals surface area contributed by atoms with Crippen molar-refractivity contribution in [2.45, 2.75) is 25.3 Å². The minimum absolute atomic E-state index is 0.128. The number of carbonyl (C=O) groups excluding carboxylic acids is 1. The molecule has 0 radical (unpaired) electrons. The van der Waals surface area contributed by atoms with Crippen LogP contribution in [-0.2, 0) is 6.54 Å². The molecule has 2 aromatic heterocycles. The van der Waals surface area contributed by atoms with Crippen LogP contribution in [0.1, 0.15) is 40.7 Å². The largest absolute Gasteiger partial charge is 0.440 e. The number of benzene rings is 2. The first kappa shape index (κ1) is 18.5.